The molecule has 9 heteroatoms. The van der Waals surface area contributed by atoms with Gasteiger partial charge in [-0.2, -0.15) is 26.0 Å². The molecular formula is C12H13F5O3S. The Hall–Kier alpha value is -1.22. The van der Waals surface area contributed by atoms with E-state index in [1.165, 1.54) is 0 Å². The summed E-state index contributed by atoms with van der Waals surface area (Å²) >= 11 is 0. The largest absolute Gasteiger partial charge is 0.344 e. The van der Waals surface area contributed by atoms with Gasteiger partial charge in [-0.25, -0.2) is 4.39 Å². The molecule has 0 aliphatic rings. The standard InChI is InChI=1S/C12H13F5O3S/c1-3-10(13)12(16,17)11(14,15)9-6-8(21(18,19)20)5-4-7(9)2/h4-6,10H,3H2,1-2H3,(H,18,19,20). The predicted octanol–water partition coefficient (Wildman–Crippen LogP) is 3.72. The molecule has 1 unspecified atom stereocenters. The molecule has 0 aliphatic carbocycles. The highest BCUT2D eigenvalue weighted by atomic mass is 32.2. The van der Waals surface area contributed by atoms with E-state index in [1.54, 1.807) is 0 Å². The first kappa shape index (κ1) is 17.8. The summed E-state index contributed by atoms with van der Waals surface area (Å²) in [4.78, 5) is -0.967. The summed E-state index contributed by atoms with van der Waals surface area (Å²) in [6.45, 7) is 2.03. The first-order valence-corrected chi connectivity index (χ1v) is 7.28. The van der Waals surface area contributed by atoms with Crippen molar-refractivity contribution in [2.24, 2.45) is 0 Å². The van der Waals surface area contributed by atoms with E-state index in [9.17, 15) is 30.4 Å². The fraction of sp³-hybridized carbons (Fsp3) is 0.500. The molecule has 0 fully saturated rings. The van der Waals surface area contributed by atoms with Gasteiger partial charge in [0.05, 0.1) is 4.90 Å². The maximum absolute atomic E-state index is 13.9. The monoisotopic (exact) mass is 332 g/mol. The maximum atomic E-state index is 13.9. The predicted molar refractivity (Wildman–Crippen MR) is 65.0 cm³/mol. The minimum atomic E-state index is -5.01. The second-order valence-electron chi connectivity index (χ2n) is 4.52. The van der Waals surface area contributed by atoms with Crippen LogP contribution >= 0.6 is 0 Å². The molecular weight excluding hydrogens is 319 g/mol. The highest BCUT2D eigenvalue weighted by Gasteiger charge is 2.62. The molecule has 0 aliphatic heterocycles. The molecule has 21 heavy (non-hydrogen) atoms. The highest BCUT2D eigenvalue weighted by molar-refractivity contribution is 7.85. The van der Waals surface area contributed by atoms with Crippen molar-refractivity contribution in [2.45, 2.75) is 43.2 Å². The van der Waals surface area contributed by atoms with Gasteiger partial charge in [-0.05, 0) is 31.0 Å². The second-order valence-corrected chi connectivity index (χ2v) is 5.95. The smallest absolute Gasteiger partial charge is 0.282 e. The average molecular weight is 332 g/mol. The third-order valence-electron chi connectivity index (χ3n) is 3.02. The van der Waals surface area contributed by atoms with Gasteiger partial charge in [0.2, 0.25) is 0 Å². The Morgan fingerprint density at radius 3 is 2.19 bits per heavy atom. The van der Waals surface area contributed by atoms with Gasteiger partial charge < -0.3 is 0 Å². The van der Waals surface area contributed by atoms with Crippen molar-refractivity contribution in [1.82, 2.24) is 0 Å². The van der Waals surface area contributed by atoms with Crippen LogP contribution < -0.4 is 0 Å². The molecule has 0 amide bonds. The normalized spacial score (nSPS) is 15.0. The van der Waals surface area contributed by atoms with Crippen molar-refractivity contribution in [3.63, 3.8) is 0 Å². The van der Waals surface area contributed by atoms with E-state index in [4.69, 9.17) is 4.55 Å². The quantitative estimate of drug-likeness (QED) is 0.660. The summed E-state index contributed by atoms with van der Waals surface area (Å²) in [6.07, 6.45) is -3.93. The summed E-state index contributed by atoms with van der Waals surface area (Å²) in [5.41, 5.74) is -1.70. The Morgan fingerprint density at radius 1 is 1.24 bits per heavy atom. The fourth-order valence-corrected chi connectivity index (χ4v) is 2.24. The summed E-state index contributed by atoms with van der Waals surface area (Å²) in [5.74, 6) is -9.93. The zero-order chi connectivity index (χ0) is 16.6. The molecule has 0 saturated carbocycles. The van der Waals surface area contributed by atoms with Crippen LogP contribution in [0.3, 0.4) is 0 Å². The van der Waals surface area contributed by atoms with Gasteiger partial charge >= 0.3 is 11.8 Å². The summed E-state index contributed by atoms with van der Waals surface area (Å²) in [7, 11) is -4.85. The Labute approximate surface area is 118 Å². The van der Waals surface area contributed by atoms with Crippen LogP contribution in [0.15, 0.2) is 23.1 Å². The zero-order valence-corrected chi connectivity index (χ0v) is 11.9. The number of halogens is 5. The van der Waals surface area contributed by atoms with Gasteiger partial charge in [0.25, 0.3) is 10.1 Å². The van der Waals surface area contributed by atoms with Gasteiger partial charge in [0.15, 0.2) is 6.17 Å². The lowest BCUT2D eigenvalue weighted by molar-refractivity contribution is -0.246. The third-order valence-corrected chi connectivity index (χ3v) is 3.87. The molecule has 0 saturated heterocycles. The molecule has 0 aromatic heterocycles. The van der Waals surface area contributed by atoms with Crippen LogP contribution in [0.2, 0.25) is 0 Å². The van der Waals surface area contributed by atoms with Gasteiger partial charge in [-0.15, -0.1) is 0 Å². The van der Waals surface area contributed by atoms with Crippen LogP contribution in [0.5, 0.6) is 0 Å². The Balaban J connectivity index is 3.51. The van der Waals surface area contributed by atoms with Crippen molar-refractivity contribution in [3.8, 4) is 0 Å². The minimum absolute atomic E-state index is 0.223. The Bertz CT molecular complexity index is 628. The zero-order valence-electron chi connectivity index (χ0n) is 11.1. The molecule has 0 spiro atoms. The highest BCUT2D eigenvalue weighted by Crippen LogP contribution is 2.48. The molecule has 0 radical (unpaired) electrons. The lowest BCUT2D eigenvalue weighted by Gasteiger charge is -2.30. The summed E-state index contributed by atoms with van der Waals surface area (Å²) < 4.78 is 98.8. The molecule has 1 atom stereocenters. The minimum Gasteiger partial charge on any atom is -0.282 e. The number of hydrogen-bond donors (Lipinski definition) is 1. The topological polar surface area (TPSA) is 54.4 Å². The number of rotatable bonds is 5. The molecule has 1 N–H and O–H groups in total. The first-order chi connectivity index (χ1) is 9.35. The number of benzene rings is 1. The van der Waals surface area contributed by atoms with Crippen LogP contribution in [-0.4, -0.2) is 25.1 Å². The van der Waals surface area contributed by atoms with E-state index in [-0.39, 0.29) is 11.6 Å². The number of hydrogen-bond acceptors (Lipinski definition) is 2. The average Bonchev–Trinajstić information content (AvgIpc) is 2.36. The number of aryl methyl sites for hydroxylation is 1. The SMILES string of the molecule is CCC(F)C(F)(F)C(F)(F)c1cc(S(=O)(=O)O)ccc1C. The molecule has 1 rings (SSSR count). The molecule has 0 bridgehead atoms. The molecule has 1 aromatic rings. The molecule has 0 heterocycles. The van der Waals surface area contributed by atoms with Crippen LogP contribution in [-0.2, 0) is 16.0 Å². The van der Waals surface area contributed by atoms with Crippen molar-refractivity contribution < 1.29 is 34.9 Å². The van der Waals surface area contributed by atoms with Gasteiger partial charge in [-0.3, -0.25) is 4.55 Å². The Kier molecular flexibility index (Phi) is 4.69. The fourth-order valence-electron chi connectivity index (χ4n) is 1.73. The van der Waals surface area contributed by atoms with Crippen LogP contribution in [0.4, 0.5) is 22.0 Å². The van der Waals surface area contributed by atoms with E-state index in [2.05, 4.69) is 0 Å². The van der Waals surface area contributed by atoms with Crippen molar-refractivity contribution in [3.05, 3.63) is 29.3 Å². The summed E-state index contributed by atoms with van der Waals surface area (Å²) in [5, 5.41) is 0. The van der Waals surface area contributed by atoms with Gasteiger partial charge in [0.1, 0.15) is 0 Å². The molecule has 120 valence electrons. The van der Waals surface area contributed by atoms with E-state index in [1.807, 2.05) is 0 Å². The lowest BCUT2D eigenvalue weighted by Crippen LogP contribution is -2.46. The van der Waals surface area contributed by atoms with Crippen LogP contribution in [0.1, 0.15) is 24.5 Å². The van der Waals surface area contributed by atoms with E-state index in [0.717, 1.165) is 26.0 Å². The van der Waals surface area contributed by atoms with E-state index in [0.29, 0.717) is 0 Å². The van der Waals surface area contributed by atoms with Gasteiger partial charge in [-0.1, -0.05) is 13.0 Å². The van der Waals surface area contributed by atoms with Crippen molar-refractivity contribution in [2.75, 3.05) is 0 Å². The Morgan fingerprint density at radius 2 is 1.76 bits per heavy atom. The van der Waals surface area contributed by atoms with E-state index < -0.39 is 45.0 Å². The third kappa shape index (κ3) is 3.18. The second kappa shape index (κ2) is 5.53. The van der Waals surface area contributed by atoms with Gasteiger partial charge in [0, 0.05) is 5.56 Å². The van der Waals surface area contributed by atoms with Crippen molar-refractivity contribution in [1.29, 1.82) is 0 Å². The van der Waals surface area contributed by atoms with Crippen molar-refractivity contribution >= 4 is 10.1 Å². The lowest BCUT2D eigenvalue weighted by atomic mass is 9.94. The summed E-state index contributed by atoms with van der Waals surface area (Å²) in [6, 6.07) is 1.84. The van der Waals surface area contributed by atoms with E-state index >= 15 is 0 Å². The van der Waals surface area contributed by atoms with Crippen LogP contribution in [0.25, 0.3) is 0 Å². The number of alkyl halides is 5. The molecule has 1 aromatic carbocycles. The van der Waals surface area contributed by atoms with Crippen LogP contribution in [0, 0.1) is 6.92 Å². The first-order valence-electron chi connectivity index (χ1n) is 5.84. The molecule has 3 nitrogen and oxygen atoms in total. The maximum Gasteiger partial charge on any atom is 0.344 e.